The van der Waals surface area contributed by atoms with E-state index in [1.165, 1.54) is 7.11 Å². The molecule has 0 saturated heterocycles. The topological polar surface area (TPSA) is 91.8 Å². The molecule has 0 amide bonds. The van der Waals surface area contributed by atoms with Gasteiger partial charge in [0.05, 0.1) is 45.6 Å². The largest absolute Gasteiger partial charge is 0.493 e. The van der Waals surface area contributed by atoms with Crippen LogP contribution in [0.25, 0.3) is 33.3 Å². The van der Waals surface area contributed by atoms with Gasteiger partial charge in [0.15, 0.2) is 11.5 Å². The lowest BCUT2D eigenvalue weighted by Crippen LogP contribution is -2.16. The first-order valence-electron chi connectivity index (χ1n) is 12.3. The molecule has 3 heterocycles. The molecule has 0 spiro atoms. The average Bonchev–Trinajstić information content (AvgIpc) is 3.49. The van der Waals surface area contributed by atoms with E-state index in [1.807, 2.05) is 42.6 Å². The summed E-state index contributed by atoms with van der Waals surface area (Å²) in [5.74, 6) is 0.511. The van der Waals surface area contributed by atoms with E-state index in [9.17, 15) is 9.59 Å². The van der Waals surface area contributed by atoms with Crippen LogP contribution < -0.4 is 9.47 Å². The number of carbonyl (C=O) groups excluding carboxylic acids is 2. The number of esters is 2. The second-order valence-electron chi connectivity index (χ2n) is 8.86. The van der Waals surface area contributed by atoms with Crippen LogP contribution in [0.4, 0.5) is 0 Å². The Labute approximate surface area is 215 Å². The van der Waals surface area contributed by atoms with Gasteiger partial charge in [-0.3, -0.25) is 4.79 Å². The van der Waals surface area contributed by atoms with Crippen LogP contribution in [0.3, 0.4) is 0 Å². The number of aryl methyl sites for hydroxylation is 1. The third kappa shape index (κ3) is 4.12. The van der Waals surface area contributed by atoms with E-state index in [0.29, 0.717) is 30.0 Å². The fourth-order valence-electron chi connectivity index (χ4n) is 5.33. The molecular formula is C29H30N2O6. The number of carbonyl (C=O) groups is 2. The number of methoxy groups -OCH3 is 3. The fourth-order valence-corrected chi connectivity index (χ4v) is 5.33. The van der Waals surface area contributed by atoms with Crippen LogP contribution in [0, 0.1) is 0 Å². The molecule has 5 rings (SSSR count). The van der Waals surface area contributed by atoms with Crippen LogP contribution in [0.2, 0.25) is 0 Å². The van der Waals surface area contributed by atoms with E-state index in [2.05, 4.69) is 9.55 Å². The third-order valence-electron chi connectivity index (χ3n) is 6.97. The summed E-state index contributed by atoms with van der Waals surface area (Å²) in [5, 5.41) is 0.989. The molecule has 0 atom stereocenters. The normalized spacial score (nSPS) is 12.1. The van der Waals surface area contributed by atoms with E-state index in [4.69, 9.17) is 18.9 Å². The molecule has 37 heavy (non-hydrogen) atoms. The van der Waals surface area contributed by atoms with E-state index in [-0.39, 0.29) is 19.0 Å². The van der Waals surface area contributed by atoms with Crippen molar-refractivity contribution in [1.29, 1.82) is 0 Å². The van der Waals surface area contributed by atoms with Crippen molar-refractivity contribution in [3.05, 3.63) is 59.4 Å². The van der Waals surface area contributed by atoms with E-state index in [0.717, 1.165) is 51.0 Å². The summed E-state index contributed by atoms with van der Waals surface area (Å²) in [6.07, 6.45) is 3.26. The summed E-state index contributed by atoms with van der Waals surface area (Å²) in [7, 11) is 4.59. The lowest BCUT2D eigenvalue weighted by molar-refractivity contribution is -0.140. The van der Waals surface area contributed by atoms with Gasteiger partial charge in [0.2, 0.25) is 0 Å². The van der Waals surface area contributed by atoms with Gasteiger partial charge >= 0.3 is 11.9 Å². The number of para-hydroxylation sites is 1. The maximum absolute atomic E-state index is 13.7. The highest BCUT2D eigenvalue weighted by molar-refractivity contribution is 6.09. The second-order valence-corrected chi connectivity index (χ2v) is 8.86. The lowest BCUT2D eigenvalue weighted by Gasteiger charge is -2.24. The van der Waals surface area contributed by atoms with Crippen LogP contribution in [0.1, 0.15) is 35.0 Å². The van der Waals surface area contributed by atoms with Gasteiger partial charge in [-0.2, -0.15) is 0 Å². The summed E-state index contributed by atoms with van der Waals surface area (Å²) >= 11 is 0. The summed E-state index contributed by atoms with van der Waals surface area (Å²) < 4.78 is 23.9. The zero-order chi connectivity index (χ0) is 26.1. The van der Waals surface area contributed by atoms with Gasteiger partial charge in [-0.15, -0.1) is 0 Å². The maximum Gasteiger partial charge on any atom is 0.340 e. The number of aromatic amines is 1. The number of fused-ring (bicyclic) bond motifs is 4. The Bertz CT molecular complexity index is 1500. The first kappa shape index (κ1) is 24.5. The smallest absolute Gasteiger partial charge is 0.340 e. The molecule has 2 aromatic heterocycles. The zero-order valence-corrected chi connectivity index (χ0v) is 21.5. The van der Waals surface area contributed by atoms with Crippen LogP contribution in [-0.4, -0.2) is 49.4 Å². The molecule has 1 aliphatic heterocycles. The Morgan fingerprint density at radius 2 is 1.78 bits per heavy atom. The van der Waals surface area contributed by atoms with Gasteiger partial charge in [-0.25, -0.2) is 4.79 Å². The molecule has 0 unspecified atom stereocenters. The van der Waals surface area contributed by atoms with Gasteiger partial charge in [0.25, 0.3) is 0 Å². The van der Waals surface area contributed by atoms with Gasteiger partial charge in [-0.1, -0.05) is 18.2 Å². The predicted octanol–water partition coefficient (Wildman–Crippen LogP) is 5.16. The molecule has 8 heteroatoms. The molecule has 4 aromatic rings. The molecule has 0 fully saturated rings. The minimum Gasteiger partial charge on any atom is -0.493 e. The van der Waals surface area contributed by atoms with Crippen molar-refractivity contribution in [1.82, 2.24) is 9.55 Å². The Morgan fingerprint density at radius 1 is 1.03 bits per heavy atom. The van der Waals surface area contributed by atoms with Gasteiger partial charge in [0.1, 0.15) is 0 Å². The summed E-state index contributed by atoms with van der Waals surface area (Å²) in [6, 6.07) is 11.9. The van der Waals surface area contributed by atoms with Gasteiger partial charge in [-0.05, 0) is 43.5 Å². The first-order valence-corrected chi connectivity index (χ1v) is 12.3. The van der Waals surface area contributed by atoms with Crippen molar-refractivity contribution in [2.75, 3.05) is 27.9 Å². The number of benzene rings is 2. The summed E-state index contributed by atoms with van der Waals surface area (Å²) in [6.45, 7) is 2.68. The minimum atomic E-state index is -0.404. The van der Waals surface area contributed by atoms with Gasteiger partial charge < -0.3 is 28.5 Å². The minimum absolute atomic E-state index is 0.191. The molecule has 0 radical (unpaired) electrons. The van der Waals surface area contributed by atoms with Crippen LogP contribution >= 0.6 is 0 Å². The number of nitrogens with one attached hydrogen (secondary N) is 1. The number of H-pyrrole nitrogens is 1. The zero-order valence-electron chi connectivity index (χ0n) is 21.5. The Morgan fingerprint density at radius 3 is 2.51 bits per heavy atom. The Hall–Kier alpha value is -4.20. The number of ether oxygens (including phenoxy) is 4. The fraction of sp³-hybridized carbons (Fsp3) is 0.310. The molecule has 0 saturated carbocycles. The van der Waals surface area contributed by atoms with Crippen molar-refractivity contribution >= 4 is 22.8 Å². The van der Waals surface area contributed by atoms with Crippen molar-refractivity contribution in [2.45, 2.75) is 32.7 Å². The predicted molar refractivity (Wildman–Crippen MR) is 140 cm³/mol. The standard InChI is InChI=1S/C29H30N2O6/c1-5-37-29(33)27-26(20-16-30-21-9-7-6-8-18(20)21)22(10-11-25(32)36-4)31-13-12-17-14-23(34-2)24(35-3)15-19(17)28(27)31/h6-9,14-16,30H,5,10-13H2,1-4H3. The van der Waals surface area contributed by atoms with Crippen molar-refractivity contribution < 1.29 is 28.5 Å². The maximum atomic E-state index is 13.7. The third-order valence-corrected chi connectivity index (χ3v) is 6.97. The molecular weight excluding hydrogens is 472 g/mol. The Kier molecular flexibility index (Phi) is 6.65. The summed E-state index contributed by atoms with van der Waals surface area (Å²) in [4.78, 5) is 29.2. The van der Waals surface area contributed by atoms with Gasteiger partial charge in [0, 0.05) is 46.0 Å². The quantitative estimate of drug-likeness (QED) is 0.335. The van der Waals surface area contributed by atoms with Crippen LogP contribution in [-0.2, 0) is 33.7 Å². The number of hydrogen-bond acceptors (Lipinski definition) is 6. The van der Waals surface area contributed by atoms with E-state index < -0.39 is 5.97 Å². The first-order chi connectivity index (χ1) is 18.0. The highest BCUT2D eigenvalue weighted by atomic mass is 16.5. The number of rotatable bonds is 8. The molecule has 0 aliphatic carbocycles. The van der Waals surface area contributed by atoms with Crippen molar-refractivity contribution in [3.63, 3.8) is 0 Å². The molecule has 192 valence electrons. The highest BCUT2D eigenvalue weighted by Gasteiger charge is 2.34. The monoisotopic (exact) mass is 502 g/mol. The average molecular weight is 503 g/mol. The highest BCUT2D eigenvalue weighted by Crippen LogP contribution is 2.47. The van der Waals surface area contributed by atoms with E-state index in [1.54, 1.807) is 21.1 Å². The molecule has 2 aromatic carbocycles. The van der Waals surface area contributed by atoms with Crippen LogP contribution in [0.15, 0.2) is 42.6 Å². The van der Waals surface area contributed by atoms with Crippen molar-refractivity contribution in [3.8, 4) is 33.9 Å². The van der Waals surface area contributed by atoms with E-state index >= 15 is 0 Å². The molecule has 8 nitrogen and oxygen atoms in total. The molecule has 1 aliphatic rings. The molecule has 1 N–H and O–H groups in total. The van der Waals surface area contributed by atoms with Crippen molar-refractivity contribution in [2.24, 2.45) is 0 Å². The second kappa shape index (κ2) is 10.0. The Balaban J connectivity index is 1.85. The summed E-state index contributed by atoms with van der Waals surface area (Å²) in [5.41, 5.74) is 6.71. The number of nitrogens with zero attached hydrogens (tertiary/aromatic N) is 1. The SMILES string of the molecule is CCOC(=O)c1c(-c2c[nH]c3ccccc23)c(CCC(=O)OC)n2c1-c1cc(OC)c(OC)cc1CC2. The van der Waals surface area contributed by atoms with Crippen LogP contribution in [0.5, 0.6) is 11.5 Å². The number of hydrogen-bond donors (Lipinski definition) is 1. The molecule has 0 bridgehead atoms. The lowest BCUT2D eigenvalue weighted by atomic mass is 9.93. The number of aromatic nitrogens is 2.